The molecule has 1 aromatic heterocycles. The van der Waals surface area contributed by atoms with Gasteiger partial charge in [-0.2, -0.15) is 0 Å². The van der Waals surface area contributed by atoms with Gasteiger partial charge in [0.05, 0.1) is 12.5 Å². The van der Waals surface area contributed by atoms with Crippen molar-refractivity contribution >= 4 is 23.2 Å². The molecule has 1 aromatic rings. The Bertz CT molecular complexity index is 484. The van der Waals surface area contributed by atoms with Crippen LogP contribution in [0, 0.1) is 5.41 Å². The maximum atomic E-state index is 12.3. The summed E-state index contributed by atoms with van der Waals surface area (Å²) in [5.41, 5.74) is -0.833. The molecule has 0 spiro atoms. The third kappa shape index (κ3) is 2.08. The zero-order chi connectivity index (χ0) is 13.3. The third-order valence-electron chi connectivity index (χ3n) is 3.32. The molecule has 0 radical (unpaired) electrons. The summed E-state index contributed by atoms with van der Waals surface area (Å²) in [6, 6.07) is 1.74. The Balaban J connectivity index is 2.15. The summed E-state index contributed by atoms with van der Waals surface area (Å²) in [7, 11) is 1.52. The Hall–Kier alpha value is -1.56. The molecule has 0 aromatic carbocycles. The molecule has 5 nitrogen and oxygen atoms in total. The molecule has 0 aliphatic carbocycles. The average Bonchev–Trinajstić information content (AvgIpc) is 2.94. The van der Waals surface area contributed by atoms with Gasteiger partial charge in [0.25, 0.3) is 5.91 Å². The van der Waals surface area contributed by atoms with Crippen molar-refractivity contribution in [3.8, 4) is 5.75 Å². The summed E-state index contributed by atoms with van der Waals surface area (Å²) in [6.07, 6.45) is 0.488. The number of carbonyl (C=O) groups is 2. The Kier molecular flexibility index (Phi) is 3.30. The number of carboxylic acids is 1. The minimum atomic E-state index is -0.851. The van der Waals surface area contributed by atoms with Crippen LogP contribution in [0.4, 0.5) is 0 Å². The van der Waals surface area contributed by atoms with E-state index in [4.69, 9.17) is 9.84 Å². The highest BCUT2D eigenvalue weighted by atomic mass is 32.1. The van der Waals surface area contributed by atoms with Gasteiger partial charge in [0.15, 0.2) is 0 Å². The number of methoxy groups -OCH3 is 1. The van der Waals surface area contributed by atoms with Gasteiger partial charge in [-0.25, -0.2) is 0 Å². The van der Waals surface area contributed by atoms with Gasteiger partial charge in [0.1, 0.15) is 10.6 Å². The van der Waals surface area contributed by atoms with Crippen LogP contribution in [0.5, 0.6) is 5.75 Å². The molecule has 18 heavy (non-hydrogen) atoms. The van der Waals surface area contributed by atoms with Gasteiger partial charge in [0.2, 0.25) is 0 Å². The van der Waals surface area contributed by atoms with E-state index in [0.717, 1.165) is 0 Å². The molecule has 6 heteroatoms. The molecule has 1 fully saturated rings. The molecule has 1 aliphatic rings. The normalized spacial score (nSPS) is 23.1. The van der Waals surface area contributed by atoms with Crippen LogP contribution in [0.15, 0.2) is 11.4 Å². The van der Waals surface area contributed by atoms with Crippen molar-refractivity contribution in [1.82, 2.24) is 4.90 Å². The predicted molar refractivity (Wildman–Crippen MR) is 67.1 cm³/mol. The average molecular weight is 269 g/mol. The molecule has 1 saturated heterocycles. The van der Waals surface area contributed by atoms with Crippen molar-refractivity contribution in [2.75, 3.05) is 20.2 Å². The molecule has 0 saturated carbocycles. The minimum Gasteiger partial charge on any atom is -0.495 e. The van der Waals surface area contributed by atoms with Crippen LogP contribution in [0.1, 0.15) is 23.0 Å². The van der Waals surface area contributed by atoms with Gasteiger partial charge in [-0.3, -0.25) is 9.59 Å². The molecule has 2 rings (SSSR count). The highest BCUT2D eigenvalue weighted by molar-refractivity contribution is 7.12. The SMILES string of the molecule is COc1ccsc1C(=O)N1CCC(C)(C(=O)O)C1. The largest absolute Gasteiger partial charge is 0.495 e. The number of carbonyl (C=O) groups excluding carboxylic acids is 1. The first kappa shape index (κ1) is 12.9. The summed E-state index contributed by atoms with van der Waals surface area (Å²) >= 11 is 1.31. The second-order valence-electron chi connectivity index (χ2n) is 4.66. The highest BCUT2D eigenvalue weighted by Gasteiger charge is 2.42. The maximum Gasteiger partial charge on any atom is 0.311 e. The highest BCUT2D eigenvalue weighted by Crippen LogP contribution is 2.33. The van der Waals surface area contributed by atoms with Gasteiger partial charge >= 0.3 is 5.97 Å². The molecule has 2 heterocycles. The number of ether oxygens (including phenoxy) is 1. The van der Waals surface area contributed by atoms with Crippen molar-refractivity contribution in [2.24, 2.45) is 5.41 Å². The van der Waals surface area contributed by atoms with Crippen LogP contribution in [-0.2, 0) is 4.79 Å². The van der Waals surface area contributed by atoms with E-state index < -0.39 is 11.4 Å². The lowest BCUT2D eigenvalue weighted by molar-refractivity contribution is -0.147. The fourth-order valence-corrected chi connectivity index (χ4v) is 2.89. The number of hydrogen-bond donors (Lipinski definition) is 1. The van der Waals surface area contributed by atoms with E-state index in [2.05, 4.69) is 0 Å². The van der Waals surface area contributed by atoms with Crippen molar-refractivity contribution in [3.05, 3.63) is 16.3 Å². The Labute approximate surface area is 109 Å². The molecule has 1 atom stereocenters. The molecule has 1 unspecified atom stereocenters. The number of hydrogen-bond acceptors (Lipinski definition) is 4. The van der Waals surface area contributed by atoms with Crippen LogP contribution in [-0.4, -0.2) is 42.1 Å². The quantitative estimate of drug-likeness (QED) is 0.906. The lowest BCUT2D eigenvalue weighted by Crippen LogP contribution is -2.34. The predicted octanol–water partition coefficient (Wildman–Crippen LogP) is 1.69. The molecule has 1 aliphatic heterocycles. The lowest BCUT2D eigenvalue weighted by Gasteiger charge is -2.20. The first-order valence-corrected chi connectivity index (χ1v) is 6.50. The van der Waals surface area contributed by atoms with Gasteiger partial charge in [0, 0.05) is 13.1 Å². The summed E-state index contributed by atoms with van der Waals surface area (Å²) < 4.78 is 5.11. The lowest BCUT2D eigenvalue weighted by atomic mass is 9.90. The Morgan fingerprint density at radius 2 is 2.28 bits per heavy atom. The number of amides is 1. The third-order valence-corrected chi connectivity index (χ3v) is 4.20. The van der Waals surface area contributed by atoms with Gasteiger partial charge < -0.3 is 14.7 Å². The second-order valence-corrected chi connectivity index (χ2v) is 5.58. The fourth-order valence-electron chi connectivity index (χ4n) is 2.07. The van der Waals surface area contributed by atoms with Crippen LogP contribution in [0.3, 0.4) is 0 Å². The van der Waals surface area contributed by atoms with E-state index in [0.29, 0.717) is 23.6 Å². The summed E-state index contributed by atoms with van der Waals surface area (Å²) in [5.74, 6) is -0.448. The molecular formula is C12H15NO4S. The van der Waals surface area contributed by atoms with Crippen LogP contribution < -0.4 is 4.74 Å². The van der Waals surface area contributed by atoms with Crippen LogP contribution in [0.2, 0.25) is 0 Å². The number of thiophene rings is 1. The topological polar surface area (TPSA) is 66.8 Å². The molecule has 98 valence electrons. The first-order valence-electron chi connectivity index (χ1n) is 5.62. The van der Waals surface area contributed by atoms with Crippen LogP contribution in [0.25, 0.3) is 0 Å². The van der Waals surface area contributed by atoms with Gasteiger partial charge in [-0.15, -0.1) is 11.3 Å². The van der Waals surface area contributed by atoms with Crippen molar-refractivity contribution in [2.45, 2.75) is 13.3 Å². The summed E-state index contributed by atoms with van der Waals surface area (Å²) in [5, 5.41) is 10.9. The maximum absolute atomic E-state index is 12.3. The smallest absolute Gasteiger partial charge is 0.311 e. The number of nitrogens with zero attached hydrogens (tertiary/aromatic N) is 1. The molecule has 0 bridgehead atoms. The van der Waals surface area contributed by atoms with E-state index >= 15 is 0 Å². The second kappa shape index (κ2) is 4.61. The van der Waals surface area contributed by atoms with Crippen molar-refractivity contribution in [3.63, 3.8) is 0 Å². The van der Waals surface area contributed by atoms with E-state index in [1.165, 1.54) is 18.4 Å². The van der Waals surface area contributed by atoms with Gasteiger partial charge in [-0.05, 0) is 24.8 Å². The van der Waals surface area contributed by atoms with E-state index in [1.54, 1.807) is 23.3 Å². The number of aliphatic carboxylic acids is 1. The zero-order valence-electron chi connectivity index (χ0n) is 10.3. The van der Waals surface area contributed by atoms with E-state index in [-0.39, 0.29) is 12.5 Å². The Morgan fingerprint density at radius 3 is 2.83 bits per heavy atom. The zero-order valence-corrected chi connectivity index (χ0v) is 11.1. The summed E-state index contributed by atoms with van der Waals surface area (Å²) in [4.78, 5) is 25.5. The summed E-state index contributed by atoms with van der Waals surface area (Å²) in [6.45, 7) is 2.40. The first-order chi connectivity index (χ1) is 8.48. The fraction of sp³-hybridized carbons (Fsp3) is 0.500. The van der Waals surface area contributed by atoms with Crippen molar-refractivity contribution < 1.29 is 19.4 Å². The van der Waals surface area contributed by atoms with E-state index in [1.807, 2.05) is 0 Å². The standard InChI is InChI=1S/C12H15NO4S/c1-12(11(15)16)4-5-13(7-12)10(14)9-8(17-2)3-6-18-9/h3,6H,4-5,7H2,1-2H3,(H,15,16). The van der Waals surface area contributed by atoms with Crippen LogP contribution >= 0.6 is 11.3 Å². The number of carboxylic acid groups (broad SMARTS) is 1. The van der Waals surface area contributed by atoms with Crippen molar-refractivity contribution in [1.29, 1.82) is 0 Å². The molecule has 1 amide bonds. The Morgan fingerprint density at radius 1 is 1.56 bits per heavy atom. The van der Waals surface area contributed by atoms with E-state index in [9.17, 15) is 9.59 Å². The number of likely N-dealkylation sites (tertiary alicyclic amines) is 1. The van der Waals surface area contributed by atoms with Gasteiger partial charge in [-0.1, -0.05) is 0 Å². The molecular weight excluding hydrogens is 254 g/mol. The number of rotatable bonds is 3. The monoisotopic (exact) mass is 269 g/mol. The minimum absolute atomic E-state index is 0.146. The molecule has 1 N–H and O–H groups in total.